The van der Waals surface area contributed by atoms with E-state index in [1.54, 1.807) is 77.3 Å². The van der Waals surface area contributed by atoms with Crippen LogP contribution in [0.25, 0.3) is 0 Å². The van der Waals surface area contributed by atoms with E-state index in [1.807, 2.05) is 26.0 Å². The maximum atomic E-state index is 13.6. The van der Waals surface area contributed by atoms with Gasteiger partial charge in [-0.15, -0.1) is 34.0 Å². The zero-order valence-electron chi connectivity index (χ0n) is 54.0. The van der Waals surface area contributed by atoms with E-state index in [0.717, 1.165) is 47.0 Å². The number of sulfonamides is 3. The van der Waals surface area contributed by atoms with Crippen molar-refractivity contribution in [3.05, 3.63) is 111 Å². The van der Waals surface area contributed by atoms with Crippen LogP contribution in [0.3, 0.4) is 0 Å². The summed E-state index contributed by atoms with van der Waals surface area (Å²) in [5.41, 5.74) is 2.23. The summed E-state index contributed by atoms with van der Waals surface area (Å²) in [6.07, 6.45) is -0.583. The van der Waals surface area contributed by atoms with Crippen molar-refractivity contribution in [1.29, 1.82) is 0 Å². The average molecular weight is 1520 g/mol. The number of carbonyl (C=O) groups is 4. The number of alkyl carbamates (subject to hydrolysis) is 2. The minimum atomic E-state index is -4.04. The molecule has 6 atom stereocenters. The van der Waals surface area contributed by atoms with E-state index in [1.165, 1.54) is 44.6 Å². The Morgan fingerprint density at radius 3 is 1.29 bits per heavy atom. The molecule has 4 amide bonds. The van der Waals surface area contributed by atoms with Gasteiger partial charge >= 0.3 is 18.3 Å². The van der Waals surface area contributed by atoms with Crippen LogP contribution in [0.5, 0.6) is 0 Å². The van der Waals surface area contributed by atoms with Gasteiger partial charge in [0.15, 0.2) is 0 Å². The number of amides is 4. The molecule has 6 aliphatic heterocycles. The fraction of sp³-hybridized carbons (Fsp3) is 0.483. The number of aryl methyl sites for hydroxylation is 2. The van der Waals surface area contributed by atoms with Gasteiger partial charge in [-0.2, -0.15) is 9.59 Å². The first kappa shape index (κ1) is 75.8. The summed E-state index contributed by atoms with van der Waals surface area (Å²) in [7, 11) is -7.70. The van der Waals surface area contributed by atoms with Crippen molar-refractivity contribution in [2.75, 3.05) is 71.4 Å². The van der Waals surface area contributed by atoms with Crippen molar-refractivity contribution in [1.82, 2.24) is 33.5 Å². The molecule has 6 N–H and O–H groups in total. The third kappa shape index (κ3) is 16.2. The number of rotatable bonds is 7. The summed E-state index contributed by atoms with van der Waals surface area (Å²) in [5, 5.41) is 10.1. The predicted octanol–water partition coefficient (Wildman–Crippen LogP) is 7.39. The summed E-state index contributed by atoms with van der Waals surface area (Å²) < 4.78 is 109. The van der Waals surface area contributed by atoms with Gasteiger partial charge in [0.2, 0.25) is 47.9 Å². The Hall–Kier alpha value is -6.93. The Labute approximate surface area is 586 Å². The van der Waals surface area contributed by atoms with Crippen molar-refractivity contribution in [2.45, 2.75) is 118 Å². The van der Waals surface area contributed by atoms with Gasteiger partial charge in [-0.1, -0.05) is 46.9 Å². The van der Waals surface area contributed by atoms with Gasteiger partial charge in [-0.25, -0.2) is 72.7 Å². The molecule has 0 aromatic carbocycles. The third-order valence-corrected chi connectivity index (χ3v) is 26.9. The van der Waals surface area contributed by atoms with Crippen LogP contribution in [-0.2, 0) is 80.0 Å². The van der Waals surface area contributed by atoms with E-state index >= 15 is 0 Å². The highest BCUT2D eigenvalue weighted by molar-refractivity contribution is 7.91. The third-order valence-electron chi connectivity index (χ3n) is 15.5. The van der Waals surface area contributed by atoms with Gasteiger partial charge < -0.3 is 40.1 Å². The quantitative estimate of drug-likeness (QED) is 0.106. The largest absolute Gasteiger partial charge is 0.444 e. The molecule has 3 saturated heterocycles. The number of ether oxygens (including phenoxy) is 5. The van der Waals surface area contributed by atoms with Gasteiger partial charge in [0.05, 0.1) is 59.3 Å². The second-order valence-corrected chi connectivity index (χ2v) is 35.0. The van der Waals surface area contributed by atoms with E-state index in [4.69, 9.17) is 78.8 Å². The molecule has 5 aromatic heterocycles. The molecule has 3 unspecified atom stereocenters. The number of fused-ring (bicyclic) bond motifs is 3. The number of nitrogens with one attached hydrogen (secondary N) is 4. The summed E-state index contributed by atoms with van der Waals surface area (Å²) >= 11 is 22.9. The molecule has 0 saturated carbocycles. The zero-order chi connectivity index (χ0) is 71.6. The Kier molecular flexibility index (Phi) is 23.1. The van der Waals surface area contributed by atoms with E-state index in [2.05, 4.69) is 41.2 Å². The van der Waals surface area contributed by atoms with E-state index < -0.39 is 91.7 Å². The van der Waals surface area contributed by atoms with Crippen molar-refractivity contribution >= 4 is 159 Å². The zero-order valence-corrected chi connectivity index (χ0v) is 61.2. The first-order valence-corrected chi connectivity index (χ1v) is 37.5. The standard InChI is InChI=1S/C23H28ClN5O6S2.C18H20ClN5O4S2.C16H22ClN3O5S2.CO2/c1-13-7-6-8-17(25-13)26-19(30)15-11-14(24)18(36-15)23-9-10-34-12-16(23)37(32,33)29(5)20(28-23)27-21(31)35-22(2,3)4;1-10-4-3-5-14(21-10)22-16(25)12-8-11(19)15(29-12)18-6-7-28-9-13(18)30(26,27)24(2)17(20)23-18;1-15(2,3)25-14(21)18-13-19-16(12-10(17)5-8-26-12)6-7-24-9-11(16)27(22,23)20(13)4;2-1-3/h6-8,11,16H,9-10,12H2,1-5H3,(H,25,26,30)(H,27,28,31);3-5,8,13H,6-7,9H2,1-2H3,(H2,20,23)(H,21,22,25);5,8,11H,6-7,9H2,1-4H3,(H,18,19,21);/t16?,23-;13?,18-;11?,16-;/m000./s1. The molecule has 39 heteroatoms. The van der Waals surface area contributed by atoms with Crippen molar-refractivity contribution < 1.29 is 77.7 Å². The van der Waals surface area contributed by atoms with E-state index in [0.29, 0.717) is 55.8 Å². The van der Waals surface area contributed by atoms with Crippen molar-refractivity contribution in [3.63, 3.8) is 0 Å². The molecule has 0 aliphatic carbocycles. The number of pyridine rings is 2. The van der Waals surface area contributed by atoms with Gasteiger partial charge in [-0.3, -0.25) is 20.2 Å². The Balaban J connectivity index is 0.000000184. The summed E-state index contributed by atoms with van der Waals surface area (Å²) in [6.45, 7) is 14.6. The average Bonchev–Trinajstić information content (AvgIpc) is 1.73. The van der Waals surface area contributed by atoms with Gasteiger partial charge in [0, 0.05) is 71.6 Å². The predicted molar refractivity (Wildman–Crippen MR) is 365 cm³/mol. The molecular weight excluding hydrogens is 1450 g/mol. The van der Waals surface area contributed by atoms with Gasteiger partial charge in [0.1, 0.15) is 55.2 Å². The van der Waals surface area contributed by atoms with Crippen LogP contribution in [0.15, 0.2) is 75.0 Å². The number of halogens is 3. The van der Waals surface area contributed by atoms with Crippen LogP contribution in [-0.4, -0.2) is 184 Å². The van der Waals surface area contributed by atoms with Crippen LogP contribution in [0.1, 0.15) is 106 Å². The molecule has 97 heavy (non-hydrogen) atoms. The van der Waals surface area contributed by atoms with Gasteiger partial charge in [0.25, 0.3) is 11.8 Å². The molecule has 0 radical (unpaired) electrons. The maximum Gasteiger partial charge on any atom is 0.414 e. The topological polar surface area (TPSA) is 398 Å². The van der Waals surface area contributed by atoms with Crippen LogP contribution in [0, 0.1) is 13.8 Å². The number of aliphatic imine (C=N–C) groups is 3. The van der Waals surface area contributed by atoms with Crippen LogP contribution >= 0.6 is 68.8 Å². The number of hydrogen-bond acceptors (Lipinski definition) is 26. The Bertz CT molecular complexity index is 4340. The van der Waals surface area contributed by atoms with Crippen LogP contribution in [0.2, 0.25) is 15.1 Å². The maximum absolute atomic E-state index is 13.6. The first-order valence-electron chi connectivity index (χ1n) is 29.3. The number of hydrogen-bond donors (Lipinski definition) is 5. The normalized spacial score (nSPS) is 24.4. The second kappa shape index (κ2) is 29.5. The lowest BCUT2D eigenvalue weighted by Crippen LogP contribution is -2.62. The molecule has 3 fully saturated rings. The van der Waals surface area contributed by atoms with E-state index in [-0.39, 0.29) is 84.1 Å². The first-order chi connectivity index (χ1) is 45.3. The number of anilines is 2. The number of aromatic nitrogens is 2. The Morgan fingerprint density at radius 2 is 0.938 bits per heavy atom. The molecule has 526 valence electrons. The van der Waals surface area contributed by atoms with Crippen LogP contribution in [0.4, 0.5) is 21.2 Å². The molecule has 0 bridgehead atoms. The summed E-state index contributed by atoms with van der Waals surface area (Å²) in [4.78, 5) is 91.3. The monoisotopic (exact) mass is 1520 g/mol. The molecule has 11 rings (SSSR count). The second-order valence-electron chi connectivity index (χ2n) is 24.3. The molecule has 11 heterocycles. The molecule has 6 aliphatic rings. The summed E-state index contributed by atoms with van der Waals surface area (Å²) in [5.74, 6) is -0.451. The lowest BCUT2D eigenvalue weighted by Gasteiger charge is -2.45. The molecule has 30 nitrogen and oxygen atoms in total. The minimum absolute atomic E-state index is 0.00409. The molecular formula is C58H70Cl3N13O17S6. The SMILES string of the molecule is CN1C(NC(=O)OC(C)(C)C)=N[C@@]2(c3sccc3Cl)CCOCC2S1(=O)=O.Cc1cccc(NC(=O)c2cc(Cl)c([C@]34CCOCC3S(=O)(=O)N(C)C(N)=N4)s2)n1.Cc1cccc(NC(=O)c2cc(Cl)c([C@]34CCOCC3S(=O)(=O)N(C)C(NC(=O)OC(C)(C)C)=N4)s2)n1.O=C=O. The molecule has 0 spiro atoms. The highest BCUT2D eigenvalue weighted by atomic mass is 35.5. The Morgan fingerprint density at radius 1 is 0.577 bits per heavy atom. The number of nitrogens with zero attached hydrogens (tertiary/aromatic N) is 8. The lowest BCUT2D eigenvalue weighted by atomic mass is 9.88. The number of thiophene rings is 3. The fourth-order valence-corrected chi connectivity index (χ4v) is 21.1. The van der Waals surface area contributed by atoms with Crippen molar-refractivity contribution in [2.24, 2.45) is 20.7 Å². The number of guanidine groups is 3. The fourth-order valence-electron chi connectivity index (χ4n) is 10.9. The number of carbonyl (C=O) groups excluding carboxylic acids is 6. The lowest BCUT2D eigenvalue weighted by molar-refractivity contribution is -0.191. The van der Waals surface area contributed by atoms with Gasteiger partial charge in [-0.05, 0) is 103 Å². The smallest absolute Gasteiger partial charge is 0.414 e. The van der Waals surface area contributed by atoms with Crippen LogP contribution < -0.4 is 27.0 Å². The molecule has 5 aromatic rings. The highest BCUT2D eigenvalue weighted by Gasteiger charge is 2.60. The van der Waals surface area contributed by atoms with Crippen molar-refractivity contribution in [3.8, 4) is 0 Å². The van der Waals surface area contributed by atoms with E-state index in [9.17, 15) is 44.4 Å². The minimum Gasteiger partial charge on any atom is -0.444 e. The highest BCUT2D eigenvalue weighted by Crippen LogP contribution is 2.52. The number of nitrogens with two attached hydrogens (primary N) is 1. The summed E-state index contributed by atoms with van der Waals surface area (Å²) in [6, 6.07) is 15.2.